The number of hydrogen-bond acceptors (Lipinski definition) is 8. The second kappa shape index (κ2) is 10.4. The molecule has 0 aliphatic rings. The molecular formula is C24H25N5O5. The van der Waals surface area contributed by atoms with Gasteiger partial charge in [-0.05, 0) is 48.2 Å². The zero-order valence-electron chi connectivity index (χ0n) is 18.6. The number of rotatable bonds is 9. The maximum atomic E-state index is 12.5. The standard InChI is InChI=1S/C24H25N5O5/c1-13(23(33)34-2)11-19(22(31)32)27-21(30)16-8-5-14(6-9-16)3-4-15-7-10-18-17(12-15)20(25)29-24(26)28-18/h5-10,12,19H,1,3-4,11H2,2H3,(H,27,30)(H,31,32)(H4,25,26,28,29). The second-order valence-electron chi connectivity index (χ2n) is 7.68. The van der Waals surface area contributed by atoms with Crippen molar-refractivity contribution in [1.29, 1.82) is 0 Å². The Bertz CT molecular complexity index is 1260. The molecule has 1 heterocycles. The normalized spacial score (nSPS) is 11.6. The number of benzene rings is 2. The molecule has 10 nitrogen and oxygen atoms in total. The molecule has 0 spiro atoms. The summed E-state index contributed by atoms with van der Waals surface area (Å²) in [6, 6.07) is 11.3. The molecule has 10 heteroatoms. The van der Waals surface area contributed by atoms with Gasteiger partial charge >= 0.3 is 11.9 Å². The molecule has 0 saturated carbocycles. The molecule has 0 fully saturated rings. The average molecular weight is 463 g/mol. The van der Waals surface area contributed by atoms with Crippen LogP contribution in [0.5, 0.6) is 0 Å². The molecule has 6 N–H and O–H groups in total. The van der Waals surface area contributed by atoms with E-state index in [1.54, 1.807) is 24.3 Å². The lowest BCUT2D eigenvalue weighted by molar-refractivity contribution is -0.139. The third kappa shape index (κ3) is 5.85. The highest BCUT2D eigenvalue weighted by Crippen LogP contribution is 2.21. The number of carboxylic acids is 1. The van der Waals surface area contributed by atoms with Gasteiger partial charge in [0.15, 0.2) is 0 Å². The van der Waals surface area contributed by atoms with Gasteiger partial charge in [0, 0.05) is 22.9 Å². The van der Waals surface area contributed by atoms with E-state index in [1.807, 2.05) is 18.2 Å². The number of aliphatic carboxylic acids is 1. The number of aryl methyl sites for hydroxylation is 2. The number of anilines is 2. The molecule has 0 aliphatic heterocycles. The molecule has 2 aromatic carbocycles. The Morgan fingerprint density at radius 3 is 2.35 bits per heavy atom. The lowest BCUT2D eigenvalue weighted by Crippen LogP contribution is -2.41. The first-order valence-electron chi connectivity index (χ1n) is 10.4. The summed E-state index contributed by atoms with van der Waals surface area (Å²) in [5.41, 5.74) is 14.5. The summed E-state index contributed by atoms with van der Waals surface area (Å²) in [6.45, 7) is 3.50. The van der Waals surface area contributed by atoms with Crippen molar-refractivity contribution in [1.82, 2.24) is 15.3 Å². The molecule has 0 saturated heterocycles. The molecule has 1 atom stereocenters. The van der Waals surface area contributed by atoms with Gasteiger partial charge in [-0.3, -0.25) is 4.79 Å². The average Bonchev–Trinajstić information content (AvgIpc) is 2.81. The van der Waals surface area contributed by atoms with E-state index in [4.69, 9.17) is 11.5 Å². The molecule has 0 aliphatic carbocycles. The number of esters is 1. The molecule has 3 aromatic rings. The van der Waals surface area contributed by atoms with Crippen LogP contribution >= 0.6 is 0 Å². The summed E-state index contributed by atoms with van der Waals surface area (Å²) < 4.78 is 4.52. The predicted molar refractivity (Wildman–Crippen MR) is 127 cm³/mol. The largest absolute Gasteiger partial charge is 0.480 e. The topological polar surface area (TPSA) is 171 Å². The number of ether oxygens (including phenoxy) is 1. The fourth-order valence-electron chi connectivity index (χ4n) is 3.40. The van der Waals surface area contributed by atoms with Crippen molar-refractivity contribution in [2.24, 2.45) is 0 Å². The van der Waals surface area contributed by atoms with E-state index in [2.05, 4.69) is 26.6 Å². The Morgan fingerprint density at radius 2 is 1.71 bits per heavy atom. The number of aromatic nitrogens is 2. The first-order chi connectivity index (χ1) is 16.2. The minimum Gasteiger partial charge on any atom is -0.480 e. The summed E-state index contributed by atoms with van der Waals surface area (Å²) in [7, 11) is 1.17. The third-order valence-corrected chi connectivity index (χ3v) is 5.25. The predicted octanol–water partition coefficient (Wildman–Crippen LogP) is 1.88. The van der Waals surface area contributed by atoms with Gasteiger partial charge in [-0.25, -0.2) is 14.6 Å². The zero-order chi connectivity index (χ0) is 24.8. The fraction of sp³-hybridized carbons (Fsp3) is 0.208. The number of fused-ring (bicyclic) bond motifs is 1. The maximum absolute atomic E-state index is 12.5. The Labute approximate surface area is 195 Å². The number of nitrogens with one attached hydrogen (secondary N) is 1. The molecule has 34 heavy (non-hydrogen) atoms. The summed E-state index contributed by atoms with van der Waals surface area (Å²) in [5.74, 6) is -2.12. The number of nitrogens with zero attached hydrogens (tertiary/aromatic N) is 2. The Kier molecular flexibility index (Phi) is 7.42. The SMILES string of the molecule is C=C(CC(NC(=O)c1ccc(CCc2ccc3nc(N)nc(N)c3c2)cc1)C(=O)O)C(=O)OC. The number of carboxylic acid groups (broad SMARTS) is 1. The molecule has 3 rings (SSSR count). The van der Waals surface area contributed by atoms with Crippen molar-refractivity contribution in [3.8, 4) is 0 Å². The number of carbonyl (C=O) groups is 3. The number of hydrogen-bond donors (Lipinski definition) is 4. The van der Waals surface area contributed by atoms with Crippen LogP contribution in [0, 0.1) is 0 Å². The van der Waals surface area contributed by atoms with E-state index in [1.165, 1.54) is 7.11 Å². The summed E-state index contributed by atoms with van der Waals surface area (Å²) in [5, 5.41) is 12.5. The van der Waals surface area contributed by atoms with Gasteiger partial charge in [0.2, 0.25) is 5.95 Å². The van der Waals surface area contributed by atoms with Crippen molar-refractivity contribution in [3.05, 3.63) is 71.3 Å². The van der Waals surface area contributed by atoms with Gasteiger partial charge in [0.05, 0.1) is 12.6 Å². The lowest BCUT2D eigenvalue weighted by atomic mass is 10.0. The van der Waals surface area contributed by atoms with Gasteiger partial charge in [-0.2, -0.15) is 4.98 Å². The van der Waals surface area contributed by atoms with Crippen molar-refractivity contribution < 1.29 is 24.2 Å². The number of amides is 1. The van der Waals surface area contributed by atoms with Crippen LogP contribution in [0.4, 0.5) is 11.8 Å². The number of carbonyl (C=O) groups excluding carboxylic acids is 2. The summed E-state index contributed by atoms with van der Waals surface area (Å²) >= 11 is 0. The van der Waals surface area contributed by atoms with Crippen molar-refractivity contribution >= 4 is 40.5 Å². The minimum absolute atomic E-state index is 0.0453. The van der Waals surface area contributed by atoms with Crippen molar-refractivity contribution in [2.75, 3.05) is 18.6 Å². The maximum Gasteiger partial charge on any atom is 0.333 e. The quantitative estimate of drug-likeness (QED) is 0.273. The first kappa shape index (κ1) is 24.2. The molecule has 176 valence electrons. The van der Waals surface area contributed by atoms with Crippen LogP contribution in [0.1, 0.15) is 27.9 Å². The minimum atomic E-state index is -1.31. The van der Waals surface area contributed by atoms with E-state index >= 15 is 0 Å². The number of nitrogen functional groups attached to an aromatic ring is 2. The highest BCUT2D eigenvalue weighted by atomic mass is 16.5. The Hall–Kier alpha value is -4.47. The van der Waals surface area contributed by atoms with Gasteiger partial charge < -0.3 is 26.6 Å². The van der Waals surface area contributed by atoms with Crippen molar-refractivity contribution in [3.63, 3.8) is 0 Å². The third-order valence-electron chi connectivity index (χ3n) is 5.25. The van der Waals surface area contributed by atoms with Crippen LogP contribution in [0.25, 0.3) is 10.9 Å². The van der Waals surface area contributed by atoms with E-state index in [0.717, 1.165) is 22.9 Å². The van der Waals surface area contributed by atoms with Crippen LogP contribution in [-0.4, -0.2) is 46.1 Å². The van der Waals surface area contributed by atoms with Crippen LogP contribution in [0.3, 0.4) is 0 Å². The number of methoxy groups -OCH3 is 1. The van der Waals surface area contributed by atoms with Crippen LogP contribution < -0.4 is 16.8 Å². The number of nitrogens with two attached hydrogens (primary N) is 2. The molecule has 0 radical (unpaired) electrons. The monoisotopic (exact) mass is 463 g/mol. The van der Waals surface area contributed by atoms with Gasteiger partial charge in [-0.1, -0.05) is 24.8 Å². The highest BCUT2D eigenvalue weighted by molar-refractivity contribution is 5.97. The molecule has 0 bridgehead atoms. The smallest absolute Gasteiger partial charge is 0.333 e. The van der Waals surface area contributed by atoms with Crippen molar-refractivity contribution in [2.45, 2.75) is 25.3 Å². The van der Waals surface area contributed by atoms with Gasteiger partial charge in [-0.15, -0.1) is 0 Å². The fourth-order valence-corrected chi connectivity index (χ4v) is 3.40. The second-order valence-corrected chi connectivity index (χ2v) is 7.68. The lowest BCUT2D eigenvalue weighted by Gasteiger charge is -2.15. The first-order valence-corrected chi connectivity index (χ1v) is 10.4. The van der Waals surface area contributed by atoms with E-state index in [-0.39, 0.29) is 17.9 Å². The summed E-state index contributed by atoms with van der Waals surface area (Å²) in [4.78, 5) is 43.6. The van der Waals surface area contributed by atoms with E-state index in [0.29, 0.717) is 23.3 Å². The zero-order valence-corrected chi connectivity index (χ0v) is 18.6. The van der Waals surface area contributed by atoms with Gasteiger partial charge in [0.1, 0.15) is 11.9 Å². The molecule has 1 unspecified atom stereocenters. The Morgan fingerprint density at radius 1 is 1.06 bits per heavy atom. The van der Waals surface area contributed by atoms with Crippen LogP contribution in [0.2, 0.25) is 0 Å². The molecular weight excluding hydrogens is 438 g/mol. The molecule has 1 aromatic heterocycles. The van der Waals surface area contributed by atoms with Crippen LogP contribution in [0.15, 0.2) is 54.6 Å². The van der Waals surface area contributed by atoms with Gasteiger partial charge in [0.25, 0.3) is 5.91 Å². The summed E-state index contributed by atoms with van der Waals surface area (Å²) in [6.07, 6.45) is 1.17. The highest BCUT2D eigenvalue weighted by Gasteiger charge is 2.24. The Balaban J connectivity index is 1.62. The van der Waals surface area contributed by atoms with E-state index < -0.39 is 23.9 Å². The van der Waals surface area contributed by atoms with Crippen LogP contribution in [-0.2, 0) is 27.2 Å². The van der Waals surface area contributed by atoms with E-state index in [9.17, 15) is 19.5 Å². The molecule has 1 amide bonds.